The number of amides is 2. The minimum atomic E-state index is -0.224. The number of halogens is 1. The lowest BCUT2D eigenvalue weighted by molar-refractivity contribution is -0.141. The summed E-state index contributed by atoms with van der Waals surface area (Å²) in [5.41, 5.74) is 4.52. The molecule has 8 heteroatoms. The molecule has 1 atom stereocenters. The van der Waals surface area contributed by atoms with Crippen LogP contribution < -0.4 is 10.6 Å². The number of aromatic nitrogens is 1. The van der Waals surface area contributed by atoms with Gasteiger partial charge in [-0.3, -0.25) is 4.79 Å². The summed E-state index contributed by atoms with van der Waals surface area (Å²) in [5, 5.41) is 6.44. The van der Waals surface area contributed by atoms with Gasteiger partial charge in [0.25, 0.3) is 0 Å². The van der Waals surface area contributed by atoms with Crippen molar-refractivity contribution in [2.75, 3.05) is 32.1 Å². The number of esters is 1. The Hall–Kier alpha value is -2.61. The summed E-state index contributed by atoms with van der Waals surface area (Å²) in [6.45, 7) is 2.70. The van der Waals surface area contributed by atoms with Crippen molar-refractivity contribution >= 4 is 33.7 Å². The second kappa shape index (κ2) is 11.0. The maximum absolute atomic E-state index is 12.9. The maximum atomic E-state index is 12.9. The first-order chi connectivity index (χ1) is 16.0. The molecular formula is C25H31BrN4O3. The number of nitrogens with zero attached hydrogens (tertiary/aromatic N) is 2. The van der Waals surface area contributed by atoms with Crippen molar-refractivity contribution < 1.29 is 14.3 Å². The number of benzene rings is 1. The Morgan fingerprint density at radius 1 is 1.27 bits per heavy atom. The van der Waals surface area contributed by atoms with E-state index in [9.17, 15) is 9.59 Å². The molecule has 1 unspecified atom stereocenters. The van der Waals surface area contributed by atoms with Gasteiger partial charge in [-0.2, -0.15) is 0 Å². The Morgan fingerprint density at radius 3 is 3.00 bits per heavy atom. The van der Waals surface area contributed by atoms with E-state index in [0.29, 0.717) is 26.1 Å². The molecule has 0 spiro atoms. The molecule has 33 heavy (non-hydrogen) atoms. The largest absolute Gasteiger partial charge is 0.469 e. The summed E-state index contributed by atoms with van der Waals surface area (Å²) in [4.78, 5) is 31.4. The molecule has 7 nitrogen and oxygen atoms in total. The third kappa shape index (κ3) is 6.05. The Bertz CT molecular complexity index is 1010. The minimum absolute atomic E-state index is 0.0436. The van der Waals surface area contributed by atoms with Gasteiger partial charge in [0.1, 0.15) is 5.82 Å². The van der Waals surface area contributed by atoms with Crippen molar-refractivity contribution in [3.8, 4) is 0 Å². The van der Waals surface area contributed by atoms with E-state index in [1.807, 2.05) is 17.0 Å². The van der Waals surface area contributed by atoms with Gasteiger partial charge >= 0.3 is 12.0 Å². The second-order valence-electron chi connectivity index (χ2n) is 8.71. The molecule has 0 aliphatic carbocycles. The van der Waals surface area contributed by atoms with Gasteiger partial charge in [-0.15, -0.1) is 0 Å². The fourth-order valence-electron chi connectivity index (χ4n) is 4.62. The molecule has 2 amide bonds. The average molecular weight is 515 g/mol. The first-order valence-corrected chi connectivity index (χ1v) is 12.4. The SMILES string of the molecule is COC(=O)CC1CCN(C(=O)NCCCc2ccc3c(n2)NCCC3)Cc2cc(Br)ccc21. The molecule has 2 aliphatic heterocycles. The van der Waals surface area contributed by atoms with Crippen molar-refractivity contribution in [1.29, 1.82) is 0 Å². The van der Waals surface area contributed by atoms with Gasteiger partial charge in [0.05, 0.1) is 13.5 Å². The van der Waals surface area contributed by atoms with E-state index >= 15 is 0 Å². The number of anilines is 1. The lowest BCUT2D eigenvalue weighted by Crippen LogP contribution is -2.40. The zero-order valence-electron chi connectivity index (χ0n) is 19.0. The number of hydrogen-bond acceptors (Lipinski definition) is 5. The molecular weight excluding hydrogens is 484 g/mol. The molecule has 1 aromatic carbocycles. The van der Waals surface area contributed by atoms with Crippen LogP contribution in [0.25, 0.3) is 0 Å². The zero-order chi connectivity index (χ0) is 23.2. The van der Waals surface area contributed by atoms with Crippen LogP contribution in [0.1, 0.15) is 54.0 Å². The molecule has 0 saturated carbocycles. The summed E-state index contributed by atoms with van der Waals surface area (Å²) < 4.78 is 5.85. The van der Waals surface area contributed by atoms with Gasteiger partial charge in [0.2, 0.25) is 0 Å². The van der Waals surface area contributed by atoms with Crippen molar-refractivity contribution in [3.05, 3.63) is 57.2 Å². The molecule has 2 N–H and O–H groups in total. The van der Waals surface area contributed by atoms with Crippen molar-refractivity contribution in [1.82, 2.24) is 15.2 Å². The van der Waals surface area contributed by atoms with Crippen LogP contribution in [0.3, 0.4) is 0 Å². The van der Waals surface area contributed by atoms with Gasteiger partial charge in [-0.25, -0.2) is 9.78 Å². The Labute approximate surface area is 203 Å². The van der Waals surface area contributed by atoms with Crippen LogP contribution in [-0.2, 0) is 28.9 Å². The molecule has 2 aliphatic rings. The summed E-state index contributed by atoms with van der Waals surface area (Å²) in [7, 11) is 1.41. The van der Waals surface area contributed by atoms with E-state index in [1.54, 1.807) is 0 Å². The molecule has 176 valence electrons. The van der Waals surface area contributed by atoms with Crippen LogP contribution in [-0.4, -0.2) is 48.6 Å². The fraction of sp³-hybridized carbons (Fsp3) is 0.480. The van der Waals surface area contributed by atoms with E-state index in [1.165, 1.54) is 12.7 Å². The van der Waals surface area contributed by atoms with Crippen LogP contribution in [0.5, 0.6) is 0 Å². The van der Waals surface area contributed by atoms with Crippen molar-refractivity contribution in [3.63, 3.8) is 0 Å². The molecule has 1 aromatic heterocycles. The summed E-state index contributed by atoms with van der Waals surface area (Å²) in [6.07, 6.45) is 4.94. The van der Waals surface area contributed by atoms with E-state index in [0.717, 1.165) is 65.8 Å². The number of carbonyl (C=O) groups is 2. The topological polar surface area (TPSA) is 83.6 Å². The van der Waals surface area contributed by atoms with Crippen molar-refractivity contribution in [2.45, 2.75) is 51.0 Å². The van der Waals surface area contributed by atoms with Crippen LogP contribution in [0.15, 0.2) is 34.8 Å². The highest BCUT2D eigenvalue weighted by Gasteiger charge is 2.27. The van der Waals surface area contributed by atoms with Gasteiger partial charge < -0.3 is 20.3 Å². The Kier molecular flexibility index (Phi) is 7.85. The van der Waals surface area contributed by atoms with E-state index in [2.05, 4.69) is 44.8 Å². The molecule has 3 heterocycles. The lowest BCUT2D eigenvalue weighted by atomic mass is 9.90. The van der Waals surface area contributed by atoms with E-state index in [4.69, 9.17) is 9.72 Å². The highest BCUT2D eigenvalue weighted by Crippen LogP contribution is 2.33. The lowest BCUT2D eigenvalue weighted by Gasteiger charge is -2.22. The number of carbonyl (C=O) groups excluding carboxylic acids is 2. The predicted molar refractivity (Wildman–Crippen MR) is 131 cm³/mol. The third-order valence-corrected chi connectivity index (χ3v) is 6.91. The van der Waals surface area contributed by atoms with Gasteiger partial charge in [-0.1, -0.05) is 28.1 Å². The van der Waals surface area contributed by atoms with Crippen LogP contribution >= 0.6 is 15.9 Å². The monoisotopic (exact) mass is 514 g/mol. The standard InChI is InChI=1S/C25H31BrN4O3/c1-33-23(31)15-18-10-13-30(16-19-14-20(26)7-9-22(18)19)25(32)28-12-3-5-21-8-6-17-4-2-11-27-24(17)29-21/h6-9,14,18H,2-5,10-13,15-16H2,1H3,(H,27,29)(H,28,32). The van der Waals surface area contributed by atoms with Crippen molar-refractivity contribution in [2.24, 2.45) is 0 Å². The predicted octanol–water partition coefficient (Wildman–Crippen LogP) is 4.40. The van der Waals surface area contributed by atoms with Gasteiger partial charge in [-0.05, 0) is 72.9 Å². The number of urea groups is 1. The number of ether oxygens (including phenoxy) is 1. The molecule has 2 aromatic rings. The molecule has 0 radical (unpaired) electrons. The smallest absolute Gasteiger partial charge is 0.317 e. The highest BCUT2D eigenvalue weighted by atomic mass is 79.9. The van der Waals surface area contributed by atoms with E-state index < -0.39 is 0 Å². The van der Waals surface area contributed by atoms with Gasteiger partial charge in [0.15, 0.2) is 0 Å². The number of nitrogens with one attached hydrogen (secondary N) is 2. The number of fused-ring (bicyclic) bond motifs is 2. The number of pyridine rings is 1. The maximum Gasteiger partial charge on any atom is 0.317 e. The molecule has 4 rings (SSSR count). The first-order valence-electron chi connectivity index (χ1n) is 11.6. The highest BCUT2D eigenvalue weighted by molar-refractivity contribution is 9.10. The van der Waals surface area contributed by atoms with E-state index in [-0.39, 0.29) is 17.9 Å². The zero-order valence-corrected chi connectivity index (χ0v) is 20.6. The van der Waals surface area contributed by atoms with Crippen LogP contribution in [0, 0.1) is 0 Å². The average Bonchev–Trinajstić information content (AvgIpc) is 3.00. The van der Waals surface area contributed by atoms with Crippen LogP contribution in [0.4, 0.5) is 10.6 Å². The second-order valence-corrected chi connectivity index (χ2v) is 9.62. The van der Waals surface area contributed by atoms with Gasteiger partial charge in [0, 0.05) is 36.3 Å². The van der Waals surface area contributed by atoms with Crippen LogP contribution in [0.2, 0.25) is 0 Å². The Morgan fingerprint density at radius 2 is 2.15 bits per heavy atom. The normalized spacial score (nSPS) is 17.3. The number of aryl methyl sites for hydroxylation is 2. The summed E-state index contributed by atoms with van der Waals surface area (Å²) in [6, 6.07) is 10.3. The number of rotatable bonds is 6. The summed E-state index contributed by atoms with van der Waals surface area (Å²) in [5.74, 6) is 0.832. The third-order valence-electron chi connectivity index (χ3n) is 6.42. The Balaban J connectivity index is 1.32. The first kappa shape index (κ1) is 23.5. The minimum Gasteiger partial charge on any atom is -0.469 e. The molecule has 0 bridgehead atoms. The molecule has 0 fully saturated rings. The fourth-order valence-corrected chi connectivity index (χ4v) is 5.02. The quantitative estimate of drug-likeness (QED) is 0.440. The number of hydrogen-bond donors (Lipinski definition) is 2. The molecule has 0 saturated heterocycles. The number of methoxy groups -OCH3 is 1. The summed E-state index contributed by atoms with van der Waals surface area (Å²) >= 11 is 3.53.